The second-order valence-corrected chi connectivity index (χ2v) is 6.41. The average molecular weight is 288 g/mol. The molecular weight excluding hydrogens is 266 g/mol. The molecule has 0 aromatic carbocycles. The highest BCUT2D eigenvalue weighted by atomic mass is 35.5. The second-order valence-electron chi connectivity index (χ2n) is 6.00. The predicted octanol–water partition coefficient (Wildman–Crippen LogP) is 1.69. The topological polar surface area (TPSA) is 58.4 Å². The van der Waals surface area contributed by atoms with E-state index >= 15 is 0 Å². The first-order valence-electron chi connectivity index (χ1n) is 6.23. The van der Waals surface area contributed by atoms with Gasteiger partial charge < -0.3 is 10.0 Å². The fourth-order valence-corrected chi connectivity index (χ4v) is 1.83. The van der Waals surface area contributed by atoms with Gasteiger partial charge in [0.05, 0.1) is 17.8 Å². The fourth-order valence-electron chi connectivity index (χ4n) is 1.59. The van der Waals surface area contributed by atoms with Crippen molar-refractivity contribution in [3.8, 4) is 0 Å². The van der Waals surface area contributed by atoms with Gasteiger partial charge in [-0.05, 0) is 19.5 Å². The zero-order chi connectivity index (χ0) is 14.8. The van der Waals surface area contributed by atoms with Crippen LogP contribution in [0.15, 0.2) is 6.20 Å². The molecule has 19 heavy (non-hydrogen) atoms. The maximum absolute atomic E-state index is 12.3. The number of aromatic nitrogens is 2. The van der Waals surface area contributed by atoms with Gasteiger partial charge in [-0.1, -0.05) is 32.4 Å². The van der Waals surface area contributed by atoms with E-state index in [0.717, 1.165) is 6.54 Å². The van der Waals surface area contributed by atoms with Crippen LogP contribution in [-0.2, 0) is 6.54 Å². The molecule has 0 aliphatic heterocycles. The molecule has 1 rings (SSSR count). The van der Waals surface area contributed by atoms with Crippen LogP contribution >= 0.6 is 11.6 Å². The summed E-state index contributed by atoms with van der Waals surface area (Å²) in [5.74, 6) is -0.381. The molecule has 1 N–H and O–H groups in total. The summed E-state index contributed by atoms with van der Waals surface area (Å²) in [6, 6.07) is 0. The minimum atomic E-state index is -1.10. The van der Waals surface area contributed by atoms with Gasteiger partial charge in [0.25, 0.3) is 0 Å². The molecule has 0 aliphatic carbocycles. The number of likely N-dealkylation sites (N-methyl/N-ethyl adjacent to an activating group) is 1. The second kappa shape index (κ2) is 6.03. The van der Waals surface area contributed by atoms with Crippen LogP contribution in [0, 0.1) is 5.41 Å². The van der Waals surface area contributed by atoms with Gasteiger partial charge in [0.15, 0.2) is 0 Å². The van der Waals surface area contributed by atoms with Gasteiger partial charge in [-0.25, -0.2) is 0 Å². The van der Waals surface area contributed by atoms with E-state index in [2.05, 4.69) is 5.10 Å². The molecule has 5 nitrogen and oxygen atoms in total. The van der Waals surface area contributed by atoms with Gasteiger partial charge in [-0.2, -0.15) is 5.10 Å². The maximum atomic E-state index is 12.3. The molecule has 0 saturated heterocycles. The summed E-state index contributed by atoms with van der Waals surface area (Å²) in [6.45, 7) is 6.72. The van der Waals surface area contributed by atoms with Crippen molar-refractivity contribution in [3.05, 3.63) is 16.9 Å². The number of ketones is 1. The largest absolute Gasteiger partial charge is 0.384 e. The zero-order valence-electron chi connectivity index (χ0n) is 12.1. The summed E-state index contributed by atoms with van der Waals surface area (Å²) in [7, 11) is 3.88. The van der Waals surface area contributed by atoms with Crippen molar-refractivity contribution in [1.29, 1.82) is 0 Å². The van der Waals surface area contributed by atoms with Crippen LogP contribution < -0.4 is 0 Å². The molecule has 0 amide bonds. The normalized spacial score (nSPS) is 13.9. The average Bonchev–Trinajstić information content (AvgIpc) is 2.64. The molecule has 1 aromatic rings. The van der Waals surface area contributed by atoms with Crippen molar-refractivity contribution in [3.63, 3.8) is 0 Å². The first kappa shape index (κ1) is 16.1. The van der Waals surface area contributed by atoms with Crippen molar-refractivity contribution in [1.82, 2.24) is 14.7 Å². The molecule has 0 fully saturated rings. The van der Waals surface area contributed by atoms with Crippen LogP contribution in [0.5, 0.6) is 0 Å². The van der Waals surface area contributed by atoms with Gasteiger partial charge in [0, 0.05) is 6.54 Å². The van der Waals surface area contributed by atoms with E-state index in [1.807, 2.05) is 39.8 Å². The monoisotopic (exact) mass is 287 g/mol. The lowest BCUT2D eigenvalue weighted by Crippen LogP contribution is -2.36. The fraction of sp³-hybridized carbons (Fsp3) is 0.692. The lowest BCUT2D eigenvalue weighted by Gasteiger charge is -2.24. The van der Waals surface area contributed by atoms with E-state index < -0.39 is 11.5 Å². The van der Waals surface area contributed by atoms with E-state index in [9.17, 15) is 9.90 Å². The van der Waals surface area contributed by atoms with Crippen molar-refractivity contribution < 1.29 is 9.90 Å². The number of Topliss-reactive ketones (excluding diaryl/α,β-unsaturated/α-hetero) is 1. The zero-order valence-corrected chi connectivity index (χ0v) is 12.9. The van der Waals surface area contributed by atoms with Gasteiger partial charge in [0.2, 0.25) is 5.78 Å². The van der Waals surface area contributed by atoms with Crippen LogP contribution in [0.3, 0.4) is 0 Å². The number of hydrogen-bond donors (Lipinski definition) is 1. The van der Waals surface area contributed by atoms with E-state index in [1.54, 1.807) is 4.68 Å². The van der Waals surface area contributed by atoms with E-state index in [-0.39, 0.29) is 16.5 Å². The highest BCUT2D eigenvalue weighted by Gasteiger charge is 2.33. The van der Waals surface area contributed by atoms with E-state index in [0.29, 0.717) is 6.54 Å². The number of rotatable bonds is 5. The Morgan fingerprint density at radius 1 is 1.53 bits per heavy atom. The number of nitrogens with zero attached hydrogens (tertiary/aromatic N) is 3. The molecule has 6 heteroatoms. The van der Waals surface area contributed by atoms with Gasteiger partial charge in [-0.3, -0.25) is 9.48 Å². The molecule has 0 aliphatic rings. The highest BCUT2D eigenvalue weighted by molar-refractivity contribution is 6.33. The number of carbonyl (C=O) groups excluding carboxylic acids is 1. The quantitative estimate of drug-likeness (QED) is 0.837. The first-order valence-corrected chi connectivity index (χ1v) is 6.60. The van der Waals surface area contributed by atoms with Gasteiger partial charge >= 0.3 is 0 Å². The summed E-state index contributed by atoms with van der Waals surface area (Å²) in [5, 5.41) is 14.5. The summed E-state index contributed by atoms with van der Waals surface area (Å²) in [5.41, 5.74) is -0.247. The van der Waals surface area contributed by atoms with Crippen LogP contribution in [0.2, 0.25) is 5.02 Å². The van der Waals surface area contributed by atoms with Crippen molar-refractivity contribution >= 4 is 17.4 Å². The van der Waals surface area contributed by atoms with Crippen molar-refractivity contribution in [2.75, 3.05) is 20.6 Å². The van der Waals surface area contributed by atoms with E-state index in [4.69, 9.17) is 11.6 Å². The molecule has 0 radical (unpaired) electrons. The molecule has 1 aromatic heterocycles. The maximum Gasteiger partial charge on any atom is 0.211 e. The van der Waals surface area contributed by atoms with Crippen LogP contribution in [-0.4, -0.2) is 52.3 Å². The number of aliphatic hydroxyl groups excluding tert-OH is 1. The summed E-state index contributed by atoms with van der Waals surface area (Å²) in [4.78, 5) is 14.3. The first-order chi connectivity index (χ1) is 8.64. The molecule has 1 atom stereocenters. The minimum absolute atomic E-state index is 0.283. The lowest BCUT2D eigenvalue weighted by atomic mass is 9.86. The SMILES string of the molecule is CN(C)CCn1ncc(Cl)c1C(=O)C(O)C(C)(C)C. The lowest BCUT2D eigenvalue weighted by molar-refractivity contribution is 0.0431. The third-order valence-corrected chi connectivity index (χ3v) is 3.13. The Bertz CT molecular complexity index is 449. The molecule has 108 valence electrons. The summed E-state index contributed by atoms with van der Waals surface area (Å²) in [6.07, 6.45) is 0.347. The molecule has 1 unspecified atom stereocenters. The standard InChI is InChI=1S/C13H22ClN3O2/c1-13(2,3)12(19)11(18)10-9(14)8-15-17(10)7-6-16(4)5/h8,12,19H,6-7H2,1-5H3. The number of hydrogen-bond acceptors (Lipinski definition) is 4. The predicted molar refractivity (Wildman–Crippen MR) is 75.6 cm³/mol. The highest BCUT2D eigenvalue weighted by Crippen LogP contribution is 2.25. The van der Waals surface area contributed by atoms with E-state index in [1.165, 1.54) is 6.20 Å². The Hall–Kier alpha value is -0.910. The van der Waals surface area contributed by atoms with Gasteiger partial charge in [-0.15, -0.1) is 0 Å². The van der Waals surface area contributed by atoms with Crippen LogP contribution in [0.4, 0.5) is 0 Å². The smallest absolute Gasteiger partial charge is 0.211 e. The molecule has 0 bridgehead atoms. The summed E-state index contributed by atoms with van der Waals surface area (Å²) < 4.78 is 1.56. The van der Waals surface area contributed by atoms with Gasteiger partial charge in [0.1, 0.15) is 11.8 Å². The van der Waals surface area contributed by atoms with Crippen molar-refractivity contribution in [2.45, 2.75) is 33.4 Å². The number of aliphatic hydroxyl groups is 1. The number of halogens is 1. The summed E-state index contributed by atoms with van der Waals surface area (Å²) >= 11 is 6.02. The number of carbonyl (C=O) groups is 1. The molecule has 1 heterocycles. The Labute approximate surface area is 119 Å². The Kier molecular flexibility index (Phi) is 5.12. The third-order valence-electron chi connectivity index (χ3n) is 2.86. The van der Waals surface area contributed by atoms with Crippen LogP contribution in [0.25, 0.3) is 0 Å². The Morgan fingerprint density at radius 3 is 2.58 bits per heavy atom. The molecular formula is C13H22ClN3O2. The molecule has 0 spiro atoms. The minimum Gasteiger partial charge on any atom is -0.384 e. The third kappa shape index (κ3) is 4.03. The van der Waals surface area contributed by atoms with Crippen LogP contribution in [0.1, 0.15) is 31.3 Å². The van der Waals surface area contributed by atoms with Crippen molar-refractivity contribution in [2.24, 2.45) is 5.41 Å². The Morgan fingerprint density at radius 2 is 2.11 bits per heavy atom. The Balaban J connectivity index is 2.99. The molecule has 0 saturated carbocycles.